The Labute approximate surface area is 261 Å². The van der Waals surface area contributed by atoms with Gasteiger partial charge in [-0.15, -0.1) is 0 Å². The van der Waals surface area contributed by atoms with Crippen LogP contribution in [0.25, 0.3) is 48.9 Å². The van der Waals surface area contributed by atoms with Crippen LogP contribution in [0, 0.1) is 0 Å². The Morgan fingerprint density at radius 1 is 0.535 bits per heavy atom. The van der Waals surface area contributed by atoms with Crippen LogP contribution in [0.15, 0.2) is 175 Å². The number of benzene rings is 5. The van der Waals surface area contributed by atoms with Gasteiger partial charge in [-0.25, -0.2) is 0 Å². The molecule has 0 amide bonds. The maximum absolute atomic E-state index is 2.34. The summed E-state index contributed by atoms with van der Waals surface area (Å²) in [6.07, 6.45) is 11.3. The second-order valence-corrected chi connectivity index (χ2v) is 12.6. The summed E-state index contributed by atoms with van der Waals surface area (Å²) in [5.74, 6) is 0. The van der Waals surface area contributed by atoms with Crippen LogP contribution in [0.3, 0.4) is 0 Å². The number of allylic oxidation sites excluding steroid dienone is 5. The van der Waals surface area contributed by atoms with Crippen molar-refractivity contribution in [1.82, 2.24) is 0 Å². The standard InChI is InChI=1S/C41H29S2/c1-5-14-30(15-6-1)34-24-25-40-39(27-34)38(32-18-9-3-10-19-32)29-37(42-40)23-13-22-36-26-35(31-16-7-2-8-17-31)28-41(43-36)33-20-11-4-12-21-33/h1-29H/q+1. The lowest BCUT2D eigenvalue weighted by Gasteiger charge is -2.16. The Hall–Kier alpha value is -4.76. The first-order valence-electron chi connectivity index (χ1n) is 14.4. The van der Waals surface area contributed by atoms with E-state index in [0.29, 0.717) is 0 Å². The second kappa shape index (κ2) is 12.6. The molecule has 1 aliphatic rings. The molecule has 43 heavy (non-hydrogen) atoms. The predicted molar refractivity (Wildman–Crippen MR) is 191 cm³/mol. The maximum atomic E-state index is 2.34. The van der Waals surface area contributed by atoms with E-state index >= 15 is 0 Å². The molecular weight excluding hydrogens is 557 g/mol. The van der Waals surface area contributed by atoms with Crippen molar-refractivity contribution in [3.63, 3.8) is 0 Å². The molecule has 0 nitrogen and oxygen atoms in total. The SMILES string of the molecule is C(=C[c+]1cc(-c2ccccc2)c2cc(-c3ccccc3)ccc2s1)C=C1C=C(c2ccccc2)C=C(c2ccccc2)S1. The van der Waals surface area contributed by atoms with Crippen molar-refractivity contribution in [2.45, 2.75) is 0 Å². The van der Waals surface area contributed by atoms with Crippen LogP contribution in [0.4, 0.5) is 0 Å². The van der Waals surface area contributed by atoms with Crippen molar-refractivity contribution in [3.8, 4) is 22.3 Å². The van der Waals surface area contributed by atoms with Crippen molar-refractivity contribution in [2.24, 2.45) is 0 Å². The van der Waals surface area contributed by atoms with E-state index in [1.165, 1.54) is 63.7 Å². The van der Waals surface area contributed by atoms with Crippen molar-refractivity contribution in [3.05, 3.63) is 191 Å². The van der Waals surface area contributed by atoms with Gasteiger partial charge in [-0.05, 0) is 87.7 Å². The molecule has 0 atom stereocenters. The summed E-state index contributed by atoms with van der Waals surface area (Å²) in [6.45, 7) is 0. The average molecular weight is 586 g/mol. The monoisotopic (exact) mass is 585 g/mol. The zero-order chi connectivity index (χ0) is 28.8. The van der Waals surface area contributed by atoms with E-state index in [2.05, 4.69) is 176 Å². The molecule has 0 saturated heterocycles. The molecule has 2 heteroatoms. The highest BCUT2D eigenvalue weighted by Crippen LogP contribution is 2.42. The lowest BCUT2D eigenvalue weighted by atomic mass is 9.98. The van der Waals surface area contributed by atoms with E-state index < -0.39 is 0 Å². The first kappa shape index (κ1) is 27.1. The van der Waals surface area contributed by atoms with Gasteiger partial charge in [0.05, 0.1) is 10.9 Å². The van der Waals surface area contributed by atoms with Crippen molar-refractivity contribution in [1.29, 1.82) is 0 Å². The van der Waals surface area contributed by atoms with Crippen LogP contribution in [0.1, 0.15) is 16.0 Å². The molecule has 6 aromatic rings. The van der Waals surface area contributed by atoms with Gasteiger partial charge < -0.3 is 0 Å². The van der Waals surface area contributed by atoms with Gasteiger partial charge in [0.25, 0.3) is 0 Å². The molecule has 1 aliphatic heterocycles. The fraction of sp³-hybridized carbons (Fsp3) is 0. The van der Waals surface area contributed by atoms with Gasteiger partial charge in [0.15, 0.2) is 0 Å². The summed E-state index contributed by atoms with van der Waals surface area (Å²) < 4.78 is 1.28. The van der Waals surface area contributed by atoms with Crippen LogP contribution in [-0.2, 0) is 0 Å². The summed E-state index contributed by atoms with van der Waals surface area (Å²) in [4.78, 5) is 3.70. The van der Waals surface area contributed by atoms with E-state index in [4.69, 9.17) is 0 Å². The Morgan fingerprint density at radius 3 is 1.81 bits per heavy atom. The molecule has 0 N–H and O–H groups in total. The Kier molecular flexibility index (Phi) is 7.96. The van der Waals surface area contributed by atoms with Gasteiger partial charge in [-0.3, -0.25) is 0 Å². The molecule has 0 saturated carbocycles. The summed E-state index contributed by atoms with van der Waals surface area (Å²) >= 11 is 3.65. The predicted octanol–water partition coefficient (Wildman–Crippen LogP) is 12.3. The number of hydrogen-bond acceptors (Lipinski definition) is 2. The molecule has 7 rings (SSSR count). The second-order valence-electron chi connectivity index (χ2n) is 10.4. The Balaban J connectivity index is 1.26. The maximum Gasteiger partial charge on any atom is 0.116 e. The third-order valence-corrected chi connectivity index (χ3v) is 9.60. The first-order valence-corrected chi connectivity index (χ1v) is 16.1. The van der Waals surface area contributed by atoms with E-state index in [1.54, 1.807) is 0 Å². The average Bonchev–Trinajstić information content (AvgIpc) is 3.09. The molecule has 204 valence electrons. The van der Waals surface area contributed by atoms with Gasteiger partial charge in [0.1, 0.15) is 9.58 Å². The van der Waals surface area contributed by atoms with Crippen molar-refractivity contribution < 1.29 is 0 Å². The molecular formula is C41H29S2+. The minimum Gasteiger partial charge on any atom is -0.0885 e. The van der Waals surface area contributed by atoms with Gasteiger partial charge in [-0.1, -0.05) is 121 Å². The van der Waals surface area contributed by atoms with E-state index in [1.807, 2.05) is 23.1 Å². The van der Waals surface area contributed by atoms with Crippen LogP contribution in [-0.4, -0.2) is 0 Å². The van der Waals surface area contributed by atoms with E-state index in [0.717, 1.165) is 0 Å². The highest BCUT2D eigenvalue weighted by Gasteiger charge is 2.16. The lowest BCUT2D eigenvalue weighted by molar-refractivity contribution is 1.60. The normalized spacial score (nSPS) is 14.2. The quantitative estimate of drug-likeness (QED) is 0.175. The molecule has 5 aromatic carbocycles. The molecule has 1 aromatic heterocycles. The van der Waals surface area contributed by atoms with Crippen LogP contribution < -0.4 is 0 Å². The number of fused-ring (bicyclic) bond motifs is 1. The topological polar surface area (TPSA) is 0 Å². The Bertz CT molecular complexity index is 2000. The third kappa shape index (κ3) is 6.22. The molecule has 0 radical (unpaired) electrons. The third-order valence-electron chi connectivity index (χ3n) is 7.47. The molecule has 0 bridgehead atoms. The summed E-state index contributed by atoms with van der Waals surface area (Å²) in [7, 11) is 0. The first-order chi connectivity index (χ1) is 21.3. The summed E-state index contributed by atoms with van der Waals surface area (Å²) in [5, 5.41) is 1.28. The zero-order valence-corrected chi connectivity index (χ0v) is 25.2. The lowest BCUT2D eigenvalue weighted by Crippen LogP contribution is -1.91. The molecule has 0 fully saturated rings. The number of hydrogen-bond donors (Lipinski definition) is 0. The molecule has 0 aliphatic carbocycles. The highest BCUT2D eigenvalue weighted by molar-refractivity contribution is 8.12. The van der Waals surface area contributed by atoms with Gasteiger partial charge >= 0.3 is 0 Å². The zero-order valence-electron chi connectivity index (χ0n) is 23.6. The number of thioether (sulfide) groups is 1. The van der Waals surface area contributed by atoms with E-state index in [9.17, 15) is 0 Å². The van der Waals surface area contributed by atoms with Crippen molar-refractivity contribution >= 4 is 49.7 Å². The summed E-state index contributed by atoms with van der Waals surface area (Å²) in [6, 6.07) is 51.8. The van der Waals surface area contributed by atoms with Gasteiger partial charge in [0.2, 0.25) is 0 Å². The van der Waals surface area contributed by atoms with Crippen LogP contribution in [0.5, 0.6) is 0 Å². The Morgan fingerprint density at radius 2 is 1.14 bits per heavy atom. The minimum absolute atomic E-state index is 1.22. The van der Waals surface area contributed by atoms with Crippen molar-refractivity contribution in [2.75, 3.05) is 0 Å². The van der Waals surface area contributed by atoms with Crippen LogP contribution >= 0.6 is 23.1 Å². The fourth-order valence-corrected chi connectivity index (χ4v) is 7.36. The molecule has 0 spiro atoms. The van der Waals surface area contributed by atoms with Gasteiger partial charge in [-0.2, -0.15) is 0 Å². The molecule has 2 heterocycles. The minimum atomic E-state index is 1.22. The van der Waals surface area contributed by atoms with Crippen LogP contribution in [0.2, 0.25) is 0 Å². The van der Waals surface area contributed by atoms with E-state index in [-0.39, 0.29) is 0 Å². The number of rotatable bonds is 6. The smallest absolute Gasteiger partial charge is 0.0885 e. The summed E-state index contributed by atoms with van der Waals surface area (Å²) in [5.41, 5.74) is 8.66. The molecule has 0 unspecified atom stereocenters. The van der Waals surface area contributed by atoms with Gasteiger partial charge in [0, 0.05) is 33.6 Å². The highest BCUT2D eigenvalue weighted by atomic mass is 32.2. The largest absolute Gasteiger partial charge is 0.116 e. The fourth-order valence-electron chi connectivity index (χ4n) is 5.34.